The van der Waals surface area contributed by atoms with E-state index in [2.05, 4.69) is 0 Å². The fourth-order valence-corrected chi connectivity index (χ4v) is 3.34. The monoisotopic (exact) mass is 338 g/mol. The van der Waals surface area contributed by atoms with Gasteiger partial charge < -0.3 is 0 Å². The van der Waals surface area contributed by atoms with E-state index in [-0.39, 0.29) is 29.9 Å². The average Bonchev–Trinajstić information content (AvgIpc) is 2.54. The lowest BCUT2D eigenvalue weighted by Crippen LogP contribution is -2.45. The summed E-state index contributed by atoms with van der Waals surface area (Å²) in [6, 6.07) is 3.96. The normalized spacial score (nSPS) is 23.5. The minimum absolute atomic E-state index is 0.106. The third kappa shape index (κ3) is 3.26. The van der Waals surface area contributed by atoms with Crippen LogP contribution < -0.4 is 0 Å². The molecule has 0 radical (unpaired) electrons. The standard InChI is InChI=1S/C16H19F5S/c1-2-11-3-5-12(6-4-11)15(17,18)16(19,20)13-7-9-14(22-21)10-8-13/h7-12H,2-6H2,1H3. The van der Waals surface area contributed by atoms with Gasteiger partial charge in [0.2, 0.25) is 0 Å². The fourth-order valence-electron chi connectivity index (χ4n) is 3.10. The Morgan fingerprint density at radius 3 is 2.00 bits per heavy atom. The molecule has 0 nitrogen and oxygen atoms in total. The molecule has 1 aliphatic rings. The summed E-state index contributed by atoms with van der Waals surface area (Å²) in [5.41, 5.74) is -0.757. The van der Waals surface area contributed by atoms with Gasteiger partial charge in [0.25, 0.3) is 0 Å². The van der Waals surface area contributed by atoms with Crippen molar-refractivity contribution >= 4 is 12.1 Å². The predicted octanol–water partition coefficient (Wildman–Crippen LogP) is 6.61. The maximum absolute atomic E-state index is 14.4. The SMILES string of the molecule is CCC1CCC(C(F)(F)C(F)(F)c2ccc(SF)cc2)CC1. The second-order valence-corrected chi connectivity index (χ2v) is 6.55. The molecule has 1 aromatic carbocycles. The fraction of sp³-hybridized carbons (Fsp3) is 0.625. The quantitative estimate of drug-likeness (QED) is 0.545. The van der Waals surface area contributed by atoms with Crippen LogP contribution in [0.15, 0.2) is 29.2 Å². The van der Waals surface area contributed by atoms with E-state index in [1.807, 2.05) is 6.92 Å². The number of halogens is 5. The van der Waals surface area contributed by atoms with Crippen molar-refractivity contribution in [1.29, 1.82) is 0 Å². The van der Waals surface area contributed by atoms with Crippen LogP contribution in [0.4, 0.5) is 21.4 Å². The molecule has 0 bridgehead atoms. The average molecular weight is 338 g/mol. The van der Waals surface area contributed by atoms with Crippen LogP contribution in [0.2, 0.25) is 0 Å². The third-order valence-corrected chi connectivity index (χ3v) is 5.11. The third-order valence-electron chi connectivity index (χ3n) is 4.66. The van der Waals surface area contributed by atoms with Crippen molar-refractivity contribution in [2.75, 3.05) is 0 Å². The van der Waals surface area contributed by atoms with Crippen LogP contribution in [0.1, 0.15) is 44.6 Å². The van der Waals surface area contributed by atoms with Crippen LogP contribution >= 0.6 is 12.1 Å². The molecule has 0 aromatic heterocycles. The second kappa shape index (κ2) is 6.77. The summed E-state index contributed by atoms with van der Waals surface area (Å²) in [4.78, 5) is 0.117. The zero-order valence-electron chi connectivity index (χ0n) is 12.3. The molecule has 0 spiro atoms. The number of alkyl halides is 4. The molecule has 0 amide bonds. The van der Waals surface area contributed by atoms with Crippen LogP contribution in [0.5, 0.6) is 0 Å². The maximum atomic E-state index is 14.4. The topological polar surface area (TPSA) is 0 Å². The molecule has 1 aliphatic carbocycles. The molecule has 0 atom stereocenters. The van der Waals surface area contributed by atoms with Gasteiger partial charge in [-0.3, -0.25) is 0 Å². The van der Waals surface area contributed by atoms with Crippen LogP contribution in [-0.2, 0) is 5.92 Å². The first kappa shape index (κ1) is 17.6. The highest BCUT2D eigenvalue weighted by molar-refractivity contribution is 7.94. The summed E-state index contributed by atoms with van der Waals surface area (Å²) in [7, 11) is 0. The molecule has 0 unspecified atom stereocenters. The number of benzene rings is 1. The zero-order valence-corrected chi connectivity index (χ0v) is 13.1. The van der Waals surface area contributed by atoms with Crippen LogP contribution in [0.25, 0.3) is 0 Å². The van der Waals surface area contributed by atoms with Crippen LogP contribution in [0, 0.1) is 11.8 Å². The number of hydrogen-bond donors (Lipinski definition) is 0. The highest BCUT2D eigenvalue weighted by Crippen LogP contribution is 2.52. The van der Waals surface area contributed by atoms with E-state index >= 15 is 0 Å². The molecular formula is C16H19F5S. The lowest BCUT2D eigenvalue weighted by Gasteiger charge is -2.37. The van der Waals surface area contributed by atoms with Crippen LogP contribution in [-0.4, -0.2) is 5.92 Å². The second-order valence-electron chi connectivity index (χ2n) is 5.92. The molecule has 0 heterocycles. The van der Waals surface area contributed by atoms with Gasteiger partial charge in [-0.2, -0.15) is 21.4 Å². The summed E-state index contributed by atoms with van der Waals surface area (Å²) < 4.78 is 69.6. The van der Waals surface area contributed by atoms with Crippen molar-refractivity contribution < 1.29 is 21.4 Å². The summed E-state index contributed by atoms with van der Waals surface area (Å²) in [6.07, 6.45) is 2.30. The van der Waals surface area contributed by atoms with Gasteiger partial charge in [0.1, 0.15) is 0 Å². The molecule has 1 saturated carbocycles. The van der Waals surface area contributed by atoms with E-state index in [1.54, 1.807) is 0 Å². The Labute approximate surface area is 131 Å². The van der Waals surface area contributed by atoms with Gasteiger partial charge in [-0.05, 0) is 43.7 Å². The van der Waals surface area contributed by atoms with Crippen molar-refractivity contribution in [2.24, 2.45) is 11.8 Å². The zero-order chi connectivity index (χ0) is 16.4. The molecule has 1 aromatic rings. The number of rotatable bonds is 5. The summed E-state index contributed by atoms with van der Waals surface area (Å²) in [5.74, 6) is -9.27. The minimum Gasteiger partial charge on any atom is -0.199 e. The smallest absolute Gasteiger partial charge is 0.199 e. The summed E-state index contributed by atoms with van der Waals surface area (Å²) in [5, 5.41) is 0. The van der Waals surface area contributed by atoms with E-state index in [1.165, 1.54) is 0 Å². The van der Waals surface area contributed by atoms with Gasteiger partial charge in [-0.15, -0.1) is 0 Å². The van der Waals surface area contributed by atoms with Gasteiger partial charge >= 0.3 is 11.8 Å². The molecular weight excluding hydrogens is 319 g/mol. The van der Waals surface area contributed by atoms with Gasteiger partial charge in [-0.25, -0.2) is 0 Å². The molecule has 124 valence electrons. The molecule has 1 fully saturated rings. The Bertz CT molecular complexity index is 478. The van der Waals surface area contributed by atoms with Gasteiger partial charge in [0.05, 0.1) is 12.1 Å². The van der Waals surface area contributed by atoms with Crippen molar-refractivity contribution in [3.05, 3.63) is 29.8 Å². The predicted molar refractivity (Wildman–Crippen MR) is 78.0 cm³/mol. The number of hydrogen-bond acceptors (Lipinski definition) is 1. The summed E-state index contributed by atoms with van der Waals surface area (Å²) >= 11 is -0.106. The van der Waals surface area contributed by atoms with Crippen molar-refractivity contribution in [3.8, 4) is 0 Å². The first-order valence-corrected chi connectivity index (χ1v) is 8.19. The van der Waals surface area contributed by atoms with E-state index in [9.17, 15) is 21.4 Å². The Hall–Kier alpha value is -0.780. The Morgan fingerprint density at radius 2 is 1.55 bits per heavy atom. The van der Waals surface area contributed by atoms with Gasteiger partial charge in [0, 0.05) is 16.4 Å². The Kier molecular flexibility index (Phi) is 5.41. The first-order valence-electron chi connectivity index (χ1n) is 7.47. The molecule has 0 saturated heterocycles. The lowest BCUT2D eigenvalue weighted by atomic mass is 9.76. The largest absolute Gasteiger partial charge is 0.335 e. The van der Waals surface area contributed by atoms with E-state index in [4.69, 9.17) is 0 Å². The van der Waals surface area contributed by atoms with Crippen molar-refractivity contribution in [3.63, 3.8) is 0 Å². The Morgan fingerprint density at radius 1 is 1.00 bits per heavy atom. The Balaban J connectivity index is 2.18. The first-order chi connectivity index (χ1) is 10.3. The van der Waals surface area contributed by atoms with Crippen LogP contribution in [0.3, 0.4) is 0 Å². The van der Waals surface area contributed by atoms with Crippen molar-refractivity contribution in [2.45, 2.75) is 55.8 Å². The van der Waals surface area contributed by atoms with E-state index < -0.39 is 23.3 Å². The molecule has 0 N–H and O–H groups in total. The molecule has 2 rings (SSSR count). The highest BCUT2D eigenvalue weighted by Gasteiger charge is 2.61. The van der Waals surface area contributed by atoms with E-state index in [0.29, 0.717) is 18.8 Å². The van der Waals surface area contributed by atoms with Gasteiger partial charge in [0.15, 0.2) is 0 Å². The molecule has 22 heavy (non-hydrogen) atoms. The maximum Gasteiger partial charge on any atom is 0.335 e. The van der Waals surface area contributed by atoms with Gasteiger partial charge in [-0.1, -0.05) is 25.5 Å². The highest BCUT2D eigenvalue weighted by atomic mass is 32.2. The minimum atomic E-state index is -4.24. The summed E-state index contributed by atoms with van der Waals surface area (Å²) in [6.45, 7) is 1.99. The molecule has 0 aliphatic heterocycles. The molecule has 6 heteroatoms. The van der Waals surface area contributed by atoms with Crippen molar-refractivity contribution in [1.82, 2.24) is 0 Å². The lowest BCUT2D eigenvalue weighted by molar-refractivity contribution is -0.249. The van der Waals surface area contributed by atoms with E-state index in [0.717, 1.165) is 30.7 Å².